The van der Waals surface area contributed by atoms with Crippen LogP contribution < -0.4 is 10.2 Å². The monoisotopic (exact) mass is 423 g/mol. The Hall–Kier alpha value is -3.33. The smallest absolute Gasteiger partial charge is 0.268 e. The van der Waals surface area contributed by atoms with E-state index in [9.17, 15) is 4.79 Å². The van der Waals surface area contributed by atoms with Crippen molar-refractivity contribution in [2.75, 3.05) is 38.1 Å². The number of aryl methyl sites for hydroxylation is 1. The molecule has 1 fully saturated rings. The molecule has 1 saturated heterocycles. The van der Waals surface area contributed by atoms with Crippen LogP contribution in [-0.4, -0.2) is 64.2 Å². The zero-order valence-corrected chi connectivity index (χ0v) is 18.1. The summed E-state index contributed by atoms with van der Waals surface area (Å²) in [4.78, 5) is 25.2. The standard InChI is InChI=1S/C22H27N7O2.H2/c1-4-19(30)29-11-9-28(10-12-29)18-14-24-15(2)20(25-18)22-27-26-21(31-22)17-7-5-16(6-8-17)13-23-3;/h5-8,14,23H,4,9-13H2,1-3H3;1H. The molecule has 1 aromatic carbocycles. The Balaban J connectivity index is 0.00000289. The van der Waals surface area contributed by atoms with Crippen molar-refractivity contribution in [1.82, 2.24) is 30.4 Å². The van der Waals surface area contributed by atoms with Crippen molar-refractivity contribution in [2.24, 2.45) is 0 Å². The van der Waals surface area contributed by atoms with Gasteiger partial charge in [0, 0.05) is 46.1 Å². The maximum absolute atomic E-state index is 11.9. The lowest BCUT2D eigenvalue weighted by Crippen LogP contribution is -2.48. The van der Waals surface area contributed by atoms with Gasteiger partial charge in [-0.25, -0.2) is 4.98 Å². The summed E-state index contributed by atoms with van der Waals surface area (Å²) in [5, 5.41) is 11.5. The summed E-state index contributed by atoms with van der Waals surface area (Å²) >= 11 is 0. The fraction of sp³-hybridized carbons (Fsp3) is 0.409. The number of hydrogen-bond donors (Lipinski definition) is 1. The molecule has 0 saturated carbocycles. The molecule has 2 aromatic heterocycles. The molecule has 0 aliphatic carbocycles. The Kier molecular flexibility index (Phi) is 6.22. The first-order chi connectivity index (χ1) is 15.1. The molecule has 0 atom stereocenters. The van der Waals surface area contributed by atoms with Gasteiger partial charge < -0.3 is 19.5 Å². The molecule has 3 heterocycles. The maximum atomic E-state index is 11.9. The van der Waals surface area contributed by atoms with Crippen LogP contribution in [0.2, 0.25) is 0 Å². The summed E-state index contributed by atoms with van der Waals surface area (Å²) < 4.78 is 5.93. The Labute approximate surface area is 183 Å². The van der Waals surface area contributed by atoms with Gasteiger partial charge in [-0.15, -0.1) is 10.2 Å². The number of benzene rings is 1. The van der Waals surface area contributed by atoms with Crippen LogP contribution in [0.3, 0.4) is 0 Å². The first-order valence-corrected chi connectivity index (χ1v) is 10.5. The zero-order valence-electron chi connectivity index (χ0n) is 18.1. The molecule has 3 aromatic rings. The zero-order chi connectivity index (χ0) is 21.8. The van der Waals surface area contributed by atoms with E-state index in [0.29, 0.717) is 37.0 Å². The molecule has 0 unspecified atom stereocenters. The van der Waals surface area contributed by atoms with Crippen molar-refractivity contribution in [3.05, 3.63) is 41.7 Å². The first-order valence-electron chi connectivity index (χ1n) is 10.5. The number of aromatic nitrogens is 4. The Bertz CT molecular complexity index is 1050. The van der Waals surface area contributed by atoms with Crippen molar-refractivity contribution in [1.29, 1.82) is 0 Å². The van der Waals surface area contributed by atoms with Gasteiger partial charge in [0.15, 0.2) is 5.69 Å². The molecule has 31 heavy (non-hydrogen) atoms. The highest BCUT2D eigenvalue weighted by Gasteiger charge is 2.23. The van der Waals surface area contributed by atoms with Crippen molar-refractivity contribution in [3.8, 4) is 23.0 Å². The van der Waals surface area contributed by atoms with Crippen molar-refractivity contribution in [3.63, 3.8) is 0 Å². The fourth-order valence-electron chi connectivity index (χ4n) is 3.61. The highest BCUT2D eigenvalue weighted by atomic mass is 16.4. The Morgan fingerprint density at radius 2 is 1.84 bits per heavy atom. The van der Waals surface area contributed by atoms with E-state index in [1.807, 2.05) is 50.1 Å². The molecule has 9 nitrogen and oxygen atoms in total. The lowest BCUT2D eigenvalue weighted by atomic mass is 10.1. The minimum absolute atomic E-state index is 0. The van der Waals surface area contributed by atoms with E-state index < -0.39 is 0 Å². The number of nitrogens with one attached hydrogen (secondary N) is 1. The van der Waals surface area contributed by atoms with Crippen LogP contribution in [0.1, 0.15) is 26.0 Å². The fourth-order valence-corrected chi connectivity index (χ4v) is 3.61. The van der Waals surface area contributed by atoms with Crippen LogP contribution in [0.4, 0.5) is 5.82 Å². The first kappa shape index (κ1) is 20.9. The number of hydrogen-bond acceptors (Lipinski definition) is 8. The normalized spacial score (nSPS) is 14.2. The number of amides is 1. The lowest BCUT2D eigenvalue weighted by Gasteiger charge is -2.35. The Morgan fingerprint density at radius 3 is 2.52 bits per heavy atom. The SMILES string of the molecule is CCC(=O)N1CCN(c2cnc(C)c(-c3nnc(-c4ccc(CNC)cc4)o3)n2)CC1.[HH]. The van der Waals surface area contributed by atoms with E-state index in [1.165, 1.54) is 5.56 Å². The molecule has 0 bridgehead atoms. The molecular weight excluding hydrogens is 394 g/mol. The summed E-state index contributed by atoms with van der Waals surface area (Å²) in [6.07, 6.45) is 2.29. The van der Waals surface area contributed by atoms with E-state index in [4.69, 9.17) is 9.40 Å². The molecule has 1 N–H and O–H groups in total. The number of carbonyl (C=O) groups is 1. The van der Waals surface area contributed by atoms with Gasteiger partial charge in [0.2, 0.25) is 11.8 Å². The predicted octanol–water partition coefficient (Wildman–Crippen LogP) is 2.53. The van der Waals surface area contributed by atoms with Gasteiger partial charge in [-0.2, -0.15) is 0 Å². The van der Waals surface area contributed by atoms with E-state index in [-0.39, 0.29) is 7.33 Å². The summed E-state index contributed by atoms with van der Waals surface area (Å²) in [5.74, 6) is 1.73. The average molecular weight is 424 g/mol. The van der Waals surface area contributed by atoms with Gasteiger partial charge >= 0.3 is 0 Å². The highest BCUT2D eigenvalue weighted by Crippen LogP contribution is 2.26. The summed E-state index contributed by atoms with van der Waals surface area (Å²) in [5.41, 5.74) is 3.34. The molecule has 1 amide bonds. The number of anilines is 1. The van der Waals surface area contributed by atoms with Crippen molar-refractivity contribution >= 4 is 11.7 Å². The number of rotatable bonds is 6. The number of piperazine rings is 1. The third-order valence-corrected chi connectivity index (χ3v) is 5.41. The van der Waals surface area contributed by atoms with Gasteiger partial charge in [-0.1, -0.05) is 19.1 Å². The minimum Gasteiger partial charge on any atom is -0.415 e. The minimum atomic E-state index is 0. The number of carbonyl (C=O) groups excluding carboxylic acids is 1. The molecule has 4 rings (SSSR count). The predicted molar refractivity (Wildman–Crippen MR) is 119 cm³/mol. The largest absolute Gasteiger partial charge is 0.415 e. The van der Waals surface area contributed by atoms with E-state index in [0.717, 1.165) is 36.7 Å². The van der Waals surface area contributed by atoms with Gasteiger partial charge in [0.1, 0.15) is 5.82 Å². The van der Waals surface area contributed by atoms with E-state index in [1.54, 1.807) is 6.20 Å². The van der Waals surface area contributed by atoms with Crippen LogP contribution in [-0.2, 0) is 11.3 Å². The molecule has 0 radical (unpaired) electrons. The molecule has 164 valence electrons. The second kappa shape index (κ2) is 9.22. The second-order valence-electron chi connectivity index (χ2n) is 7.52. The lowest BCUT2D eigenvalue weighted by molar-refractivity contribution is -0.131. The summed E-state index contributed by atoms with van der Waals surface area (Å²) in [6.45, 7) is 7.38. The third kappa shape index (κ3) is 4.56. The van der Waals surface area contributed by atoms with Crippen molar-refractivity contribution < 1.29 is 10.6 Å². The molecule has 0 spiro atoms. The number of nitrogens with zero attached hydrogens (tertiary/aromatic N) is 6. The van der Waals surface area contributed by atoms with Crippen LogP contribution in [0.15, 0.2) is 34.9 Å². The third-order valence-electron chi connectivity index (χ3n) is 5.41. The Morgan fingerprint density at radius 1 is 1.13 bits per heavy atom. The maximum Gasteiger partial charge on any atom is 0.268 e. The molecular formula is C22H29N7O2. The van der Waals surface area contributed by atoms with Gasteiger partial charge in [-0.3, -0.25) is 9.78 Å². The van der Waals surface area contributed by atoms with Gasteiger partial charge in [-0.05, 0) is 31.7 Å². The highest BCUT2D eigenvalue weighted by molar-refractivity contribution is 5.76. The van der Waals surface area contributed by atoms with Gasteiger partial charge in [0.05, 0.1) is 11.9 Å². The molecule has 1 aliphatic heterocycles. The van der Waals surface area contributed by atoms with Gasteiger partial charge in [0.25, 0.3) is 5.89 Å². The summed E-state index contributed by atoms with van der Waals surface area (Å²) in [6, 6.07) is 8.00. The molecule has 9 heteroatoms. The van der Waals surface area contributed by atoms with Crippen LogP contribution >= 0.6 is 0 Å². The summed E-state index contributed by atoms with van der Waals surface area (Å²) in [7, 11) is 1.92. The van der Waals surface area contributed by atoms with E-state index in [2.05, 4.69) is 25.4 Å². The second-order valence-corrected chi connectivity index (χ2v) is 7.52. The topological polar surface area (TPSA) is 100 Å². The average Bonchev–Trinajstić information content (AvgIpc) is 3.30. The van der Waals surface area contributed by atoms with E-state index >= 15 is 0 Å². The van der Waals surface area contributed by atoms with Crippen LogP contribution in [0.5, 0.6) is 0 Å². The molecule has 1 aliphatic rings. The van der Waals surface area contributed by atoms with Crippen molar-refractivity contribution in [2.45, 2.75) is 26.8 Å². The van der Waals surface area contributed by atoms with Crippen LogP contribution in [0, 0.1) is 6.92 Å². The quantitative estimate of drug-likeness (QED) is 0.646. The van der Waals surface area contributed by atoms with Crippen LogP contribution in [0.25, 0.3) is 23.0 Å².